The van der Waals surface area contributed by atoms with E-state index in [1.54, 1.807) is 83.5 Å². The fourth-order valence-electron chi connectivity index (χ4n) is 17.5. The lowest BCUT2D eigenvalue weighted by atomic mass is 9.57. The summed E-state index contributed by atoms with van der Waals surface area (Å²) in [6.07, 6.45) is 33.5. The van der Waals surface area contributed by atoms with Crippen LogP contribution in [0, 0.1) is 0 Å². The first-order valence-corrected chi connectivity index (χ1v) is 33.6. The van der Waals surface area contributed by atoms with E-state index in [2.05, 4.69) is 209 Å². The maximum absolute atomic E-state index is 2.42. The van der Waals surface area contributed by atoms with Crippen molar-refractivity contribution in [1.82, 2.24) is 0 Å². The number of rotatable bonds is 0. The molecule has 0 N–H and O–H groups in total. The number of hydrogen-bond donors (Lipinski definition) is 0. The molecule has 4 spiro atoms. The van der Waals surface area contributed by atoms with Gasteiger partial charge in [-0.3, -0.25) is 0 Å². The molecule has 5 aromatic rings. The SMILES string of the molecule is CC(C)(C)c1cccc2c1CCC21CC1.CC(C)(C)c1cccc2c1CCC21CCC1.CC(C)(C)c1cccc2c1CCCC21CC1.CC(C)(C)c1cccc2c1CCCC21CCC1.CC(C)(C)c1cccc2c1CCCCC2(C)C. The molecule has 4 saturated carbocycles. The first kappa shape index (κ1) is 60.2. The van der Waals surface area contributed by atoms with Crippen molar-refractivity contribution in [3.63, 3.8) is 0 Å². The van der Waals surface area contributed by atoms with Crippen molar-refractivity contribution in [3.05, 3.63) is 174 Å². The normalized spacial score (nSPS) is 21.4. The van der Waals surface area contributed by atoms with Gasteiger partial charge in [-0.1, -0.05) is 228 Å². The smallest absolute Gasteiger partial charge is 0.00403 e. The van der Waals surface area contributed by atoms with Gasteiger partial charge in [0.2, 0.25) is 0 Å². The van der Waals surface area contributed by atoms with Gasteiger partial charge < -0.3 is 0 Å². The van der Waals surface area contributed by atoms with E-state index in [1.165, 1.54) is 154 Å². The Kier molecular flexibility index (Phi) is 16.3. The number of benzene rings is 5. The van der Waals surface area contributed by atoms with E-state index < -0.39 is 0 Å². The molecule has 0 bridgehead atoms. The summed E-state index contributed by atoms with van der Waals surface area (Å²) < 4.78 is 0. The molecule has 0 nitrogen and oxygen atoms in total. The Morgan fingerprint density at radius 1 is 0.235 bits per heavy atom. The Bertz CT molecular complexity index is 3010. The van der Waals surface area contributed by atoms with Gasteiger partial charge in [-0.05, 0) is 272 Å². The molecule has 81 heavy (non-hydrogen) atoms. The number of fused-ring (bicyclic) bond motifs is 9. The van der Waals surface area contributed by atoms with Crippen LogP contribution in [0.4, 0.5) is 0 Å². The molecule has 5 aromatic carbocycles. The summed E-state index contributed by atoms with van der Waals surface area (Å²) >= 11 is 0. The van der Waals surface area contributed by atoms with Gasteiger partial charge in [0.1, 0.15) is 0 Å². The lowest BCUT2D eigenvalue weighted by Gasteiger charge is -2.47. The fraction of sp³-hybridized carbons (Fsp3) is 0.630. The van der Waals surface area contributed by atoms with Crippen LogP contribution in [0.2, 0.25) is 0 Å². The van der Waals surface area contributed by atoms with Crippen molar-refractivity contribution in [3.8, 4) is 0 Å². The van der Waals surface area contributed by atoms with E-state index in [9.17, 15) is 0 Å². The van der Waals surface area contributed by atoms with E-state index in [0.717, 1.165) is 0 Å². The molecule has 9 aliphatic carbocycles. The minimum atomic E-state index is 0.270. The molecule has 0 radical (unpaired) electrons. The zero-order chi connectivity index (χ0) is 58.2. The average Bonchev–Trinajstić information content (AvgIpc) is 4.39. The van der Waals surface area contributed by atoms with E-state index in [1.807, 2.05) is 0 Å². The van der Waals surface area contributed by atoms with Crippen LogP contribution in [0.25, 0.3) is 0 Å². The predicted molar refractivity (Wildman–Crippen MR) is 352 cm³/mol. The van der Waals surface area contributed by atoms with Crippen molar-refractivity contribution in [2.45, 2.75) is 326 Å². The molecule has 0 heterocycles. The molecular weight excluding hydrogens is 973 g/mol. The maximum atomic E-state index is 2.42. The topological polar surface area (TPSA) is 0 Å². The lowest BCUT2D eigenvalue weighted by Crippen LogP contribution is -2.38. The third kappa shape index (κ3) is 12.1. The van der Waals surface area contributed by atoms with E-state index >= 15 is 0 Å². The predicted octanol–water partition coefficient (Wildman–Crippen LogP) is 22.4. The van der Waals surface area contributed by atoms with Crippen LogP contribution in [0.15, 0.2) is 91.0 Å². The highest BCUT2D eigenvalue weighted by molar-refractivity contribution is 5.52. The molecule has 438 valence electrons. The van der Waals surface area contributed by atoms with Crippen molar-refractivity contribution in [2.24, 2.45) is 0 Å². The van der Waals surface area contributed by atoms with Crippen LogP contribution in [0.3, 0.4) is 0 Å². The summed E-state index contributed by atoms with van der Waals surface area (Å²) in [7, 11) is 0. The average molecular weight is 1090 g/mol. The van der Waals surface area contributed by atoms with Crippen LogP contribution in [-0.2, 0) is 86.3 Å². The molecule has 9 aliphatic rings. The lowest BCUT2D eigenvalue weighted by molar-refractivity contribution is 0.208. The monoisotopic (exact) mass is 1090 g/mol. The second kappa shape index (κ2) is 21.9. The van der Waals surface area contributed by atoms with Gasteiger partial charge in [-0.25, -0.2) is 0 Å². The van der Waals surface area contributed by atoms with Crippen LogP contribution < -0.4 is 0 Å². The highest BCUT2D eigenvalue weighted by Crippen LogP contribution is 2.59. The van der Waals surface area contributed by atoms with Gasteiger partial charge in [0.15, 0.2) is 0 Å². The van der Waals surface area contributed by atoms with Crippen molar-refractivity contribution in [2.75, 3.05) is 0 Å². The van der Waals surface area contributed by atoms with Crippen molar-refractivity contribution >= 4 is 0 Å². The molecule has 0 aliphatic heterocycles. The maximum Gasteiger partial charge on any atom is -0.00403 e. The van der Waals surface area contributed by atoms with Crippen LogP contribution in [0.5, 0.6) is 0 Å². The zero-order valence-corrected chi connectivity index (χ0v) is 55.1. The molecule has 0 saturated heterocycles. The molecule has 4 fully saturated rings. The van der Waals surface area contributed by atoms with E-state index in [-0.39, 0.29) is 5.41 Å². The second-order valence-corrected chi connectivity index (χ2v) is 34.0. The van der Waals surface area contributed by atoms with E-state index in [0.29, 0.717) is 48.7 Å². The quantitative estimate of drug-likeness (QED) is 0.136. The summed E-state index contributed by atoms with van der Waals surface area (Å²) in [4.78, 5) is 0. The third-order valence-corrected chi connectivity index (χ3v) is 22.6. The van der Waals surface area contributed by atoms with Crippen molar-refractivity contribution < 1.29 is 0 Å². The Hall–Kier alpha value is -3.90. The second-order valence-electron chi connectivity index (χ2n) is 34.0. The Morgan fingerprint density at radius 3 is 0.778 bits per heavy atom. The van der Waals surface area contributed by atoms with Gasteiger partial charge in [0.25, 0.3) is 0 Å². The zero-order valence-electron chi connectivity index (χ0n) is 55.1. The van der Waals surface area contributed by atoms with Gasteiger partial charge >= 0.3 is 0 Å². The molecular formula is C81H114. The van der Waals surface area contributed by atoms with Gasteiger partial charge in [-0.2, -0.15) is 0 Å². The van der Waals surface area contributed by atoms with Crippen LogP contribution in [0.1, 0.15) is 323 Å². The molecule has 14 rings (SSSR count). The Labute approximate surface area is 497 Å². The first-order valence-electron chi connectivity index (χ1n) is 33.6. The van der Waals surface area contributed by atoms with Crippen molar-refractivity contribution in [1.29, 1.82) is 0 Å². The Morgan fingerprint density at radius 2 is 0.481 bits per heavy atom. The third-order valence-electron chi connectivity index (χ3n) is 22.6. The van der Waals surface area contributed by atoms with Crippen LogP contribution in [-0.4, -0.2) is 0 Å². The molecule has 0 unspecified atom stereocenters. The van der Waals surface area contributed by atoms with Gasteiger partial charge in [0.05, 0.1) is 0 Å². The summed E-state index contributed by atoms with van der Waals surface area (Å²) in [5.41, 5.74) is 29.0. The molecule has 0 aromatic heterocycles. The first-order chi connectivity index (χ1) is 37.9. The minimum Gasteiger partial charge on any atom is -0.0617 e. The summed E-state index contributed by atoms with van der Waals surface area (Å²) in [6, 6.07) is 35.1. The molecule has 0 amide bonds. The number of hydrogen-bond acceptors (Lipinski definition) is 0. The summed E-state index contributed by atoms with van der Waals surface area (Å²) in [5.74, 6) is 0. The largest absolute Gasteiger partial charge is 0.0617 e. The fourth-order valence-corrected chi connectivity index (χ4v) is 17.5. The highest BCUT2D eigenvalue weighted by Gasteiger charge is 2.50. The van der Waals surface area contributed by atoms with E-state index in [4.69, 9.17) is 0 Å². The minimum absolute atomic E-state index is 0.270. The van der Waals surface area contributed by atoms with Gasteiger partial charge in [-0.15, -0.1) is 0 Å². The highest BCUT2D eigenvalue weighted by atomic mass is 14.5. The van der Waals surface area contributed by atoms with Gasteiger partial charge in [0, 0.05) is 0 Å². The summed E-state index contributed by atoms with van der Waals surface area (Å²) in [6.45, 7) is 39.9. The molecule has 0 heteroatoms. The Balaban J connectivity index is 0.000000114. The summed E-state index contributed by atoms with van der Waals surface area (Å²) in [5, 5.41) is 0. The standard InChI is InChI=1S/C17H24.C17H26.2C16H22.C15H20/c1-16(2,3)14-8-4-9-15-13(14)7-5-10-17(15)11-6-12-17;1-16(2,3)14-10-8-11-15-13(14)9-6-7-12-17(15,4)5;1-15(2,3)13-7-4-8-14-12(13)6-5-9-16(14)10-11-16;1-15(2,3)13-6-4-7-14-12(13)8-11-16(14)9-5-10-16;1-14(2,3)12-5-4-6-13-11(12)7-8-15(13)9-10-15/h4,8-9H,5-7,10-12H2,1-3H3;8,10-11H,6-7,9,12H2,1-5H3;4,7-8H,5-6,9-11H2,1-3H3;4,6-7H,5,8-11H2,1-3H3;4-6H,7-10H2,1-3H3. The molecule has 0 atom stereocenters. The van der Waals surface area contributed by atoms with Crippen LogP contribution >= 0.6 is 0 Å².